The fourth-order valence-electron chi connectivity index (χ4n) is 0.716. The first kappa shape index (κ1) is 9.78. The van der Waals surface area contributed by atoms with Gasteiger partial charge in [0.25, 0.3) is 0 Å². The quantitative estimate of drug-likeness (QED) is 0.746. The van der Waals surface area contributed by atoms with Crippen molar-refractivity contribution in [2.75, 3.05) is 7.11 Å². The highest BCUT2D eigenvalue weighted by Gasteiger charge is 2.13. The average Bonchev–Trinajstić information content (AvgIpc) is 2.08. The first-order valence-corrected chi connectivity index (χ1v) is 4.11. The molecule has 0 aliphatic carbocycles. The highest BCUT2D eigenvalue weighted by atomic mass is 35.5. The molecule has 66 valence electrons. The Balaban J connectivity index is 3.39. The number of phenols is 1. The fraction of sp³-hybridized carbons (Fsp3) is 0.143. The predicted octanol–water partition coefficient (Wildman–Crippen LogP) is 3.36. The number of hydrogen-bond donors (Lipinski definition) is 1. The van der Waals surface area contributed by atoms with E-state index in [4.69, 9.17) is 39.5 Å². The minimum absolute atomic E-state index is 0.0301. The Kier molecular flexibility index (Phi) is 2.94. The fourth-order valence-corrected chi connectivity index (χ4v) is 1.33. The van der Waals surface area contributed by atoms with Crippen LogP contribution >= 0.6 is 34.8 Å². The van der Waals surface area contributed by atoms with E-state index in [1.54, 1.807) is 0 Å². The van der Waals surface area contributed by atoms with Gasteiger partial charge in [-0.1, -0.05) is 34.8 Å². The minimum atomic E-state index is -0.150. The van der Waals surface area contributed by atoms with Crippen LogP contribution in [-0.2, 0) is 0 Å². The molecule has 0 aliphatic rings. The van der Waals surface area contributed by atoms with Crippen LogP contribution in [0.25, 0.3) is 0 Å². The number of ether oxygens (including phenoxy) is 1. The Morgan fingerprint density at radius 1 is 1.17 bits per heavy atom. The summed E-state index contributed by atoms with van der Waals surface area (Å²) in [7, 11) is 1.42. The predicted molar refractivity (Wildman–Crippen MR) is 49.7 cm³/mol. The molecule has 0 saturated heterocycles. The number of halogens is 3. The van der Waals surface area contributed by atoms with Gasteiger partial charge in [-0.15, -0.1) is 0 Å². The lowest BCUT2D eigenvalue weighted by Gasteiger charge is -2.06. The molecular weight excluding hydrogens is 222 g/mol. The van der Waals surface area contributed by atoms with Crippen LogP contribution in [0.5, 0.6) is 11.5 Å². The Morgan fingerprint density at radius 3 is 2.25 bits per heavy atom. The molecule has 0 saturated carbocycles. The van der Waals surface area contributed by atoms with Gasteiger partial charge in [0, 0.05) is 6.07 Å². The van der Waals surface area contributed by atoms with Gasteiger partial charge in [-0.3, -0.25) is 0 Å². The van der Waals surface area contributed by atoms with Gasteiger partial charge >= 0.3 is 0 Å². The molecule has 0 bridgehead atoms. The average molecular weight is 227 g/mol. The summed E-state index contributed by atoms with van der Waals surface area (Å²) in [4.78, 5) is 0. The summed E-state index contributed by atoms with van der Waals surface area (Å²) in [5.74, 6) is 0.145. The maximum Gasteiger partial charge on any atom is 0.142 e. The van der Waals surface area contributed by atoms with Crippen LogP contribution in [-0.4, -0.2) is 12.2 Å². The van der Waals surface area contributed by atoms with Crippen molar-refractivity contribution < 1.29 is 9.84 Å². The van der Waals surface area contributed by atoms with Crippen molar-refractivity contribution in [1.82, 2.24) is 0 Å². The van der Waals surface area contributed by atoms with Crippen LogP contribution in [0, 0.1) is 0 Å². The Morgan fingerprint density at radius 2 is 1.75 bits per heavy atom. The third-order valence-corrected chi connectivity index (χ3v) is 2.64. The van der Waals surface area contributed by atoms with Crippen LogP contribution in [0.1, 0.15) is 0 Å². The molecular formula is C7H5Cl3O2. The van der Waals surface area contributed by atoms with Gasteiger partial charge in [0.15, 0.2) is 0 Å². The van der Waals surface area contributed by atoms with Crippen molar-refractivity contribution in [3.8, 4) is 11.5 Å². The largest absolute Gasteiger partial charge is 0.506 e. The monoisotopic (exact) mass is 226 g/mol. The molecule has 0 amide bonds. The topological polar surface area (TPSA) is 29.5 Å². The zero-order chi connectivity index (χ0) is 9.30. The maximum atomic E-state index is 9.18. The molecule has 1 aromatic carbocycles. The summed E-state index contributed by atoms with van der Waals surface area (Å²) >= 11 is 17.0. The Labute approximate surface area is 84.6 Å². The minimum Gasteiger partial charge on any atom is -0.506 e. The zero-order valence-electron chi connectivity index (χ0n) is 6.07. The number of phenolic OH excluding ortho intramolecular Hbond substituents is 1. The van der Waals surface area contributed by atoms with Gasteiger partial charge in [-0.05, 0) is 0 Å². The number of rotatable bonds is 1. The lowest BCUT2D eigenvalue weighted by atomic mass is 10.3. The van der Waals surface area contributed by atoms with E-state index in [0.29, 0.717) is 5.75 Å². The second kappa shape index (κ2) is 3.60. The molecule has 0 atom stereocenters. The van der Waals surface area contributed by atoms with Crippen LogP contribution in [0.15, 0.2) is 6.07 Å². The van der Waals surface area contributed by atoms with E-state index in [2.05, 4.69) is 0 Å². The Hall–Kier alpha value is -0.310. The van der Waals surface area contributed by atoms with E-state index in [-0.39, 0.29) is 20.8 Å². The van der Waals surface area contributed by atoms with E-state index in [9.17, 15) is 5.11 Å². The molecule has 0 aliphatic heterocycles. The van der Waals surface area contributed by atoms with Crippen molar-refractivity contribution in [2.24, 2.45) is 0 Å². The van der Waals surface area contributed by atoms with Crippen LogP contribution < -0.4 is 4.74 Å². The van der Waals surface area contributed by atoms with Gasteiger partial charge in [0.1, 0.15) is 21.5 Å². The van der Waals surface area contributed by atoms with Crippen molar-refractivity contribution in [1.29, 1.82) is 0 Å². The Bertz CT molecular complexity index is 312. The van der Waals surface area contributed by atoms with Crippen LogP contribution in [0.4, 0.5) is 0 Å². The molecule has 0 radical (unpaired) electrons. The maximum absolute atomic E-state index is 9.18. The third-order valence-electron chi connectivity index (χ3n) is 1.31. The van der Waals surface area contributed by atoms with E-state index < -0.39 is 0 Å². The molecule has 0 unspecified atom stereocenters. The lowest BCUT2D eigenvalue weighted by molar-refractivity contribution is 0.408. The van der Waals surface area contributed by atoms with Gasteiger partial charge in [-0.2, -0.15) is 0 Å². The first-order valence-electron chi connectivity index (χ1n) is 2.98. The third kappa shape index (κ3) is 1.56. The summed E-state index contributed by atoms with van der Waals surface area (Å²) in [5.41, 5.74) is 0. The molecule has 0 heterocycles. The summed E-state index contributed by atoms with van der Waals surface area (Å²) in [6.45, 7) is 0. The summed E-state index contributed by atoms with van der Waals surface area (Å²) in [5, 5.41) is 9.50. The summed E-state index contributed by atoms with van der Waals surface area (Å²) in [6.07, 6.45) is 0. The molecule has 1 aromatic rings. The summed E-state index contributed by atoms with van der Waals surface area (Å²) in [6, 6.07) is 1.30. The number of benzene rings is 1. The van der Waals surface area contributed by atoms with Crippen molar-refractivity contribution in [3.05, 3.63) is 21.1 Å². The number of methoxy groups -OCH3 is 1. The van der Waals surface area contributed by atoms with Gasteiger partial charge in [0.05, 0.1) is 12.1 Å². The molecule has 1 rings (SSSR count). The van der Waals surface area contributed by atoms with Crippen LogP contribution in [0.2, 0.25) is 15.1 Å². The number of aromatic hydroxyl groups is 1. The normalized spacial score (nSPS) is 10.0. The zero-order valence-corrected chi connectivity index (χ0v) is 8.33. The highest BCUT2D eigenvalue weighted by Crippen LogP contribution is 2.42. The standard InChI is InChI=1S/C7H5Cl3O2/c1-12-4-2-3(11)5(8)7(10)6(4)9/h2,11H,1H3. The van der Waals surface area contributed by atoms with Gasteiger partial charge in [-0.25, -0.2) is 0 Å². The van der Waals surface area contributed by atoms with Gasteiger partial charge < -0.3 is 9.84 Å². The number of hydrogen-bond acceptors (Lipinski definition) is 2. The lowest BCUT2D eigenvalue weighted by Crippen LogP contribution is -1.85. The molecule has 2 nitrogen and oxygen atoms in total. The van der Waals surface area contributed by atoms with Crippen LogP contribution in [0.3, 0.4) is 0 Å². The smallest absolute Gasteiger partial charge is 0.142 e. The molecule has 12 heavy (non-hydrogen) atoms. The second-order valence-corrected chi connectivity index (χ2v) is 3.17. The first-order chi connectivity index (χ1) is 5.57. The SMILES string of the molecule is COc1cc(O)c(Cl)c(Cl)c1Cl. The van der Waals surface area contributed by atoms with E-state index in [1.807, 2.05) is 0 Å². The highest BCUT2D eigenvalue weighted by molar-refractivity contribution is 6.49. The van der Waals surface area contributed by atoms with Gasteiger partial charge in [0.2, 0.25) is 0 Å². The second-order valence-electron chi connectivity index (χ2n) is 2.04. The van der Waals surface area contributed by atoms with Crippen molar-refractivity contribution >= 4 is 34.8 Å². The molecule has 5 heteroatoms. The molecule has 0 aromatic heterocycles. The van der Waals surface area contributed by atoms with E-state index in [0.717, 1.165) is 0 Å². The molecule has 0 fully saturated rings. The van der Waals surface area contributed by atoms with Crippen molar-refractivity contribution in [3.63, 3.8) is 0 Å². The summed E-state index contributed by atoms with van der Waals surface area (Å²) < 4.78 is 4.83. The molecule has 0 spiro atoms. The van der Waals surface area contributed by atoms with E-state index in [1.165, 1.54) is 13.2 Å². The van der Waals surface area contributed by atoms with E-state index >= 15 is 0 Å². The van der Waals surface area contributed by atoms with Crippen molar-refractivity contribution in [2.45, 2.75) is 0 Å². The molecule has 1 N–H and O–H groups in total.